The van der Waals surface area contributed by atoms with Crippen LogP contribution in [0.15, 0.2) is 60.2 Å². The molecule has 0 aliphatic heterocycles. The zero-order valence-corrected chi connectivity index (χ0v) is 18.4. The molecule has 4 aromatic rings. The number of thiophene rings is 1. The molecule has 1 N–H and O–H groups in total. The Balaban J connectivity index is 1.44. The zero-order chi connectivity index (χ0) is 21.1. The van der Waals surface area contributed by atoms with Gasteiger partial charge in [-0.3, -0.25) is 4.98 Å². The lowest BCUT2D eigenvalue weighted by Gasteiger charge is -2.09. The first-order chi connectivity index (χ1) is 15.2. The Kier molecular flexibility index (Phi) is 5.40. The molecule has 0 radical (unpaired) electrons. The molecule has 0 spiro atoms. The van der Waals surface area contributed by atoms with Crippen LogP contribution in [0.1, 0.15) is 37.3 Å². The monoisotopic (exact) mass is 424 g/mol. The van der Waals surface area contributed by atoms with Crippen molar-refractivity contribution in [3.8, 4) is 23.2 Å². The summed E-state index contributed by atoms with van der Waals surface area (Å²) in [5.41, 5.74) is 4.45. The Morgan fingerprint density at radius 3 is 2.65 bits per heavy atom. The summed E-state index contributed by atoms with van der Waals surface area (Å²) in [4.78, 5) is 13.9. The van der Waals surface area contributed by atoms with Gasteiger partial charge in [0.15, 0.2) is 5.82 Å². The molecule has 0 atom stereocenters. The van der Waals surface area contributed by atoms with Gasteiger partial charge in [-0.2, -0.15) is 0 Å². The molecule has 0 amide bonds. The van der Waals surface area contributed by atoms with Crippen molar-refractivity contribution in [3.63, 3.8) is 0 Å². The van der Waals surface area contributed by atoms with Crippen LogP contribution in [0.3, 0.4) is 0 Å². The second-order valence-electron chi connectivity index (χ2n) is 8.29. The van der Waals surface area contributed by atoms with E-state index < -0.39 is 0 Å². The summed E-state index contributed by atoms with van der Waals surface area (Å²) in [6, 6.07) is 14.5. The molecule has 0 bridgehead atoms. The fourth-order valence-corrected chi connectivity index (χ4v) is 4.33. The fraction of sp³-hybridized carbons (Fsp3) is 0.269. The largest absolute Gasteiger partial charge is 0.369 e. The van der Waals surface area contributed by atoms with E-state index >= 15 is 0 Å². The van der Waals surface area contributed by atoms with Crippen molar-refractivity contribution in [2.75, 3.05) is 11.9 Å². The third kappa shape index (κ3) is 4.60. The van der Waals surface area contributed by atoms with E-state index in [1.54, 1.807) is 23.7 Å². The summed E-state index contributed by atoms with van der Waals surface area (Å²) < 4.78 is 1.07. The maximum absolute atomic E-state index is 4.89. The summed E-state index contributed by atoms with van der Waals surface area (Å²) >= 11 is 1.67. The van der Waals surface area contributed by atoms with E-state index in [9.17, 15) is 0 Å². The summed E-state index contributed by atoms with van der Waals surface area (Å²) in [7, 11) is 0. The lowest BCUT2D eigenvalue weighted by Crippen LogP contribution is -2.06. The van der Waals surface area contributed by atoms with E-state index in [-0.39, 0.29) is 5.41 Å². The van der Waals surface area contributed by atoms with Crippen molar-refractivity contribution in [1.82, 2.24) is 15.0 Å². The van der Waals surface area contributed by atoms with Gasteiger partial charge >= 0.3 is 0 Å². The van der Waals surface area contributed by atoms with Gasteiger partial charge in [-0.25, -0.2) is 9.97 Å². The summed E-state index contributed by atoms with van der Waals surface area (Å²) in [6.07, 6.45) is 8.01. The van der Waals surface area contributed by atoms with Crippen LogP contribution in [0.4, 0.5) is 5.82 Å². The maximum atomic E-state index is 4.89. The summed E-state index contributed by atoms with van der Waals surface area (Å²) in [5.74, 6) is 8.43. The number of aromatic nitrogens is 3. The van der Waals surface area contributed by atoms with Crippen LogP contribution in [0, 0.1) is 17.3 Å². The molecular weight excluding hydrogens is 400 g/mol. The van der Waals surface area contributed by atoms with E-state index in [0.29, 0.717) is 5.82 Å². The average molecular weight is 425 g/mol. The molecule has 31 heavy (non-hydrogen) atoms. The minimum absolute atomic E-state index is 0.188. The normalized spacial score (nSPS) is 14.1. The molecule has 3 heterocycles. The topological polar surface area (TPSA) is 50.7 Å². The quantitative estimate of drug-likeness (QED) is 0.307. The standard InChI is InChI=1S/C26H24N4S/c1-26(13-14-26)12-9-21-18-31-23-22(21)29-24(20-10-16-27-17-11-20)30-25(23)28-15-5-8-19-6-3-2-4-7-19/h2-4,6-7,10-11,16-18H,5,8,13-15H2,1H3,(H,28,29,30). The molecule has 1 fully saturated rings. The van der Waals surface area contributed by atoms with E-state index in [4.69, 9.17) is 9.97 Å². The molecule has 3 aromatic heterocycles. The summed E-state index contributed by atoms with van der Waals surface area (Å²) in [6.45, 7) is 3.08. The molecule has 1 aliphatic rings. The number of pyridine rings is 1. The van der Waals surface area contributed by atoms with Crippen LogP contribution in [0.5, 0.6) is 0 Å². The number of aryl methyl sites for hydroxylation is 1. The molecule has 1 aliphatic carbocycles. The first-order valence-electron chi connectivity index (χ1n) is 10.7. The predicted octanol–water partition coefficient (Wildman–Crippen LogP) is 5.95. The van der Waals surface area contributed by atoms with Crippen molar-refractivity contribution >= 4 is 27.4 Å². The number of nitrogens with zero attached hydrogens (tertiary/aromatic N) is 3. The van der Waals surface area contributed by atoms with Crippen LogP contribution in [0.25, 0.3) is 21.6 Å². The minimum atomic E-state index is 0.188. The molecular formula is C26H24N4S. The number of hydrogen-bond acceptors (Lipinski definition) is 5. The van der Waals surface area contributed by atoms with Crippen LogP contribution in [-0.2, 0) is 6.42 Å². The molecule has 5 rings (SSSR count). The van der Waals surface area contributed by atoms with E-state index in [1.807, 2.05) is 12.1 Å². The van der Waals surface area contributed by atoms with Gasteiger partial charge in [0, 0.05) is 35.3 Å². The molecule has 5 heteroatoms. The molecule has 0 unspecified atom stereocenters. The highest BCUT2D eigenvalue weighted by Crippen LogP contribution is 2.44. The second kappa shape index (κ2) is 8.49. The number of benzene rings is 1. The lowest BCUT2D eigenvalue weighted by molar-refractivity contribution is 0.783. The third-order valence-electron chi connectivity index (χ3n) is 5.63. The SMILES string of the molecule is CC1(C#Cc2csc3c(NCCCc4ccccc4)nc(-c4ccncc4)nc23)CC1. The second-order valence-corrected chi connectivity index (χ2v) is 9.17. The highest BCUT2D eigenvalue weighted by atomic mass is 32.1. The molecule has 1 saturated carbocycles. The van der Waals surface area contributed by atoms with Gasteiger partial charge in [0.1, 0.15) is 11.3 Å². The summed E-state index contributed by atoms with van der Waals surface area (Å²) in [5, 5.41) is 5.68. The fourth-order valence-electron chi connectivity index (χ4n) is 3.43. The maximum Gasteiger partial charge on any atom is 0.162 e. The van der Waals surface area contributed by atoms with Gasteiger partial charge in [0.2, 0.25) is 0 Å². The van der Waals surface area contributed by atoms with Gasteiger partial charge in [0.25, 0.3) is 0 Å². The first kappa shape index (κ1) is 19.7. The smallest absolute Gasteiger partial charge is 0.162 e. The molecule has 4 nitrogen and oxygen atoms in total. The Labute approximate surface area is 186 Å². The number of hydrogen-bond donors (Lipinski definition) is 1. The number of fused-ring (bicyclic) bond motifs is 1. The van der Waals surface area contributed by atoms with Crippen molar-refractivity contribution in [3.05, 3.63) is 71.4 Å². The van der Waals surface area contributed by atoms with Crippen molar-refractivity contribution < 1.29 is 0 Å². The molecule has 1 aromatic carbocycles. The number of anilines is 1. The van der Waals surface area contributed by atoms with E-state index in [1.165, 1.54) is 18.4 Å². The van der Waals surface area contributed by atoms with Gasteiger partial charge in [-0.1, -0.05) is 42.2 Å². The van der Waals surface area contributed by atoms with Crippen molar-refractivity contribution in [2.24, 2.45) is 5.41 Å². The predicted molar refractivity (Wildman–Crippen MR) is 128 cm³/mol. The van der Waals surface area contributed by atoms with Gasteiger partial charge in [-0.05, 0) is 50.3 Å². The highest BCUT2D eigenvalue weighted by Gasteiger charge is 2.35. The Bertz CT molecular complexity index is 1250. The van der Waals surface area contributed by atoms with Gasteiger partial charge in [-0.15, -0.1) is 11.3 Å². The van der Waals surface area contributed by atoms with E-state index in [2.05, 4.69) is 64.8 Å². The average Bonchev–Trinajstić information content (AvgIpc) is 3.41. The highest BCUT2D eigenvalue weighted by molar-refractivity contribution is 7.18. The number of nitrogens with one attached hydrogen (secondary N) is 1. The van der Waals surface area contributed by atoms with Gasteiger partial charge < -0.3 is 5.32 Å². The van der Waals surface area contributed by atoms with Crippen LogP contribution < -0.4 is 5.32 Å². The van der Waals surface area contributed by atoms with Crippen molar-refractivity contribution in [1.29, 1.82) is 0 Å². The molecule has 0 saturated heterocycles. The minimum Gasteiger partial charge on any atom is -0.369 e. The Hall–Kier alpha value is -3.23. The van der Waals surface area contributed by atoms with Crippen LogP contribution >= 0.6 is 11.3 Å². The number of rotatable bonds is 6. The lowest BCUT2D eigenvalue weighted by atomic mass is 10.1. The Morgan fingerprint density at radius 1 is 1.06 bits per heavy atom. The van der Waals surface area contributed by atoms with Crippen molar-refractivity contribution in [2.45, 2.75) is 32.6 Å². The Morgan fingerprint density at radius 2 is 1.87 bits per heavy atom. The van der Waals surface area contributed by atoms with Crippen LogP contribution in [-0.4, -0.2) is 21.5 Å². The first-order valence-corrected chi connectivity index (χ1v) is 11.6. The van der Waals surface area contributed by atoms with Crippen LogP contribution in [0.2, 0.25) is 0 Å². The van der Waals surface area contributed by atoms with E-state index in [0.717, 1.165) is 46.5 Å². The third-order valence-corrected chi connectivity index (χ3v) is 6.61. The van der Waals surface area contributed by atoms with Gasteiger partial charge in [0.05, 0.1) is 10.3 Å². The molecule has 154 valence electrons. The zero-order valence-electron chi connectivity index (χ0n) is 17.6.